The number of oxime groups is 1. The number of hydrogen-bond donors (Lipinski definition) is 1. The minimum atomic E-state index is 0.649. The molecule has 94 valence electrons. The zero-order chi connectivity index (χ0) is 12.7. The highest BCUT2D eigenvalue weighted by atomic mass is 127. The van der Waals surface area contributed by atoms with E-state index in [-0.39, 0.29) is 0 Å². The molecule has 0 bridgehead atoms. The van der Waals surface area contributed by atoms with Crippen molar-refractivity contribution in [3.8, 4) is 11.5 Å². The maximum atomic E-state index is 8.54. The van der Waals surface area contributed by atoms with Crippen LogP contribution in [0.3, 0.4) is 0 Å². The molecule has 1 rings (SSSR count). The summed E-state index contributed by atoms with van der Waals surface area (Å²) in [5.74, 6) is 1.37. The van der Waals surface area contributed by atoms with Crippen LogP contribution in [0.2, 0.25) is 0 Å². The molecule has 0 heterocycles. The monoisotopic (exact) mass is 349 g/mol. The molecule has 0 fully saturated rings. The van der Waals surface area contributed by atoms with Crippen LogP contribution in [0.4, 0.5) is 0 Å². The minimum Gasteiger partial charge on any atom is -0.493 e. The Labute approximate surface area is 115 Å². The van der Waals surface area contributed by atoms with Crippen LogP contribution < -0.4 is 9.47 Å². The Morgan fingerprint density at radius 2 is 2.18 bits per heavy atom. The topological polar surface area (TPSA) is 51.0 Å². The average Bonchev–Trinajstić information content (AvgIpc) is 2.33. The number of rotatable bonds is 6. The predicted octanol–water partition coefficient (Wildman–Crippen LogP) is 3.29. The second-order valence-corrected chi connectivity index (χ2v) is 4.63. The predicted molar refractivity (Wildman–Crippen MR) is 75.5 cm³/mol. The third kappa shape index (κ3) is 4.07. The third-order valence-electron chi connectivity index (χ3n) is 2.24. The molecule has 0 aromatic heterocycles. The van der Waals surface area contributed by atoms with E-state index in [1.54, 1.807) is 13.2 Å². The SMILES string of the molecule is CCCCOc1cc(I)c(/C=N/O)cc1OC. The molecule has 1 aromatic rings. The molecule has 0 unspecified atom stereocenters. The van der Waals surface area contributed by atoms with Gasteiger partial charge in [-0.1, -0.05) is 18.5 Å². The molecular weight excluding hydrogens is 333 g/mol. The van der Waals surface area contributed by atoms with Crippen molar-refractivity contribution in [2.75, 3.05) is 13.7 Å². The molecule has 1 N–H and O–H groups in total. The summed E-state index contributed by atoms with van der Waals surface area (Å²) in [5, 5.41) is 11.6. The van der Waals surface area contributed by atoms with Gasteiger partial charge in [0.1, 0.15) is 0 Å². The normalized spacial score (nSPS) is 10.8. The first-order valence-corrected chi connectivity index (χ1v) is 6.48. The zero-order valence-electron chi connectivity index (χ0n) is 9.94. The van der Waals surface area contributed by atoms with Gasteiger partial charge in [0.15, 0.2) is 11.5 Å². The average molecular weight is 349 g/mol. The van der Waals surface area contributed by atoms with Gasteiger partial charge >= 0.3 is 0 Å². The lowest BCUT2D eigenvalue weighted by molar-refractivity contribution is 0.288. The van der Waals surface area contributed by atoms with Crippen molar-refractivity contribution >= 4 is 28.8 Å². The van der Waals surface area contributed by atoms with E-state index in [1.165, 1.54) is 6.21 Å². The van der Waals surface area contributed by atoms with E-state index in [4.69, 9.17) is 14.7 Å². The summed E-state index contributed by atoms with van der Waals surface area (Å²) in [6.45, 7) is 2.79. The van der Waals surface area contributed by atoms with Gasteiger partial charge in [0.2, 0.25) is 0 Å². The molecule has 0 aliphatic carbocycles. The molecule has 0 amide bonds. The van der Waals surface area contributed by atoms with Crippen molar-refractivity contribution in [1.82, 2.24) is 0 Å². The second-order valence-electron chi connectivity index (χ2n) is 3.47. The van der Waals surface area contributed by atoms with Gasteiger partial charge in [0.05, 0.1) is 19.9 Å². The molecule has 5 heteroatoms. The first-order valence-electron chi connectivity index (χ1n) is 5.40. The Bertz CT molecular complexity index is 394. The van der Waals surface area contributed by atoms with Crippen LogP contribution in [-0.2, 0) is 0 Å². The number of benzene rings is 1. The Morgan fingerprint density at radius 3 is 2.76 bits per heavy atom. The second kappa shape index (κ2) is 7.37. The van der Waals surface area contributed by atoms with Gasteiger partial charge < -0.3 is 14.7 Å². The lowest BCUT2D eigenvalue weighted by Crippen LogP contribution is -2.00. The van der Waals surface area contributed by atoms with Gasteiger partial charge in [-0.2, -0.15) is 0 Å². The van der Waals surface area contributed by atoms with Crippen LogP contribution in [0.1, 0.15) is 25.3 Å². The maximum Gasteiger partial charge on any atom is 0.162 e. The number of ether oxygens (including phenoxy) is 2. The van der Waals surface area contributed by atoms with Gasteiger partial charge in [-0.3, -0.25) is 0 Å². The van der Waals surface area contributed by atoms with Gasteiger partial charge in [-0.25, -0.2) is 0 Å². The highest BCUT2D eigenvalue weighted by Crippen LogP contribution is 2.31. The van der Waals surface area contributed by atoms with Crippen molar-refractivity contribution in [2.24, 2.45) is 5.16 Å². The Hall–Kier alpha value is -0.980. The van der Waals surface area contributed by atoms with Crippen molar-refractivity contribution in [3.05, 3.63) is 21.3 Å². The summed E-state index contributed by atoms with van der Waals surface area (Å²) >= 11 is 2.17. The van der Waals surface area contributed by atoms with Crippen LogP contribution in [0.25, 0.3) is 0 Å². The minimum absolute atomic E-state index is 0.649. The third-order valence-corrected chi connectivity index (χ3v) is 3.17. The van der Waals surface area contributed by atoms with Gasteiger partial charge in [-0.15, -0.1) is 0 Å². The van der Waals surface area contributed by atoms with Gasteiger partial charge in [0.25, 0.3) is 0 Å². The summed E-state index contributed by atoms with van der Waals surface area (Å²) in [6, 6.07) is 3.68. The highest BCUT2D eigenvalue weighted by Gasteiger charge is 2.09. The largest absolute Gasteiger partial charge is 0.493 e. The van der Waals surface area contributed by atoms with E-state index in [2.05, 4.69) is 34.7 Å². The maximum absolute atomic E-state index is 8.54. The summed E-state index contributed by atoms with van der Waals surface area (Å²) in [6.07, 6.45) is 3.48. The number of nitrogens with zero attached hydrogens (tertiary/aromatic N) is 1. The standard InChI is InChI=1S/C12H16INO3/c1-3-4-5-17-12-7-10(13)9(8-14-15)6-11(12)16-2/h6-8,15H,3-5H2,1-2H3/b14-8+. The lowest BCUT2D eigenvalue weighted by atomic mass is 10.2. The number of halogens is 1. The summed E-state index contributed by atoms with van der Waals surface area (Å²) in [4.78, 5) is 0. The van der Waals surface area contributed by atoms with Crippen molar-refractivity contribution in [3.63, 3.8) is 0 Å². The Kier molecular flexibility index (Phi) is 6.10. The van der Waals surface area contributed by atoms with E-state index in [1.807, 2.05) is 6.07 Å². The molecule has 0 spiro atoms. The first-order chi connectivity index (χ1) is 8.22. The van der Waals surface area contributed by atoms with E-state index >= 15 is 0 Å². The summed E-state index contributed by atoms with van der Waals surface area (Å²) in [5.41, 5.74) is 0.799. The molecule has 4 nitrogen and oxygen atoms in total. The quantitative estimate of drug-likeness (QED) is 0.282. The molecule has 0 radical (unpaired) electrons. The Morgan fingerprint density at radius 1 is 1.41 bits per heavy atom. The van der Waals surface area contributed by atoms with Crippen molar-refractivity contribution < 1.29 is 14.7 Å². The molecular formula is C12H16INO3. The summed E-state index contributed by atoms with van der Waals surface area (Å²) < 4.78 is 11.8. The van der Waals surface area contributed by atoms with E-state index in [0.29, 0.717) is 12.4 Å². The van der Waals surface area contributed by atoms with Crippen LogP contribution in [-0.4, -0.2) is 25.1 Å². The molecule has 0 saturated heterocycles. The highest BCUT2D eigenvalue weighted by molar-refractivity contribution is 14.1. The molecule has 0 saturated carbocycles. The van der Waals surface area contributed by atoms with Crippen molar-refractivity contribution in [1.29, 1.82) is 0 Å². The Balaban J connectivity index is 2.93. The van der Waals surface area contributed by atoms with Gasteiger partial charge in [-0.05, 0) is 41.1 Å². The molecule has 1 aromatic carbocycles. The van der Waals surface area contributed by atoms with Crippen LogP contribution >= 0.6 is 22.6 Å². The summed E-state index contributed by atoms with van der Waals surface area (Å²) in [7, 11) is 1.59. The van der Waals surface area contributed by atoms with Crippen LogP contribution in [0, 0.1) is 3.57 Å². The van der Waals surface area contributed by atoms with E-state index in [9.17, 15) is 0 Å². The lowest BCUT2D eigenvalue weighted by Gasteiger charge is -2.12. The van der Waals surface area contributed by atoms with E-state index in [0.717, 1.165) is 27.7 Å². The molecule has 0 aliphatic heterocycles. The van der Waals surface area contributed by atoms with E-state index < -0.39 is 0 Å². The smallest absolute Gasteiger partial charge is 0.162 e. The fraction of sp³-hybridized carbons (Fsp3) is 0.417. The number of unbranched alkanes of at least 4 members (excludes halogenated alkanes) is 1. The zero-order valence-corrected chi connectivity index (χ0v) is 12.1. The molecule has 17 heavy (non-hydrogen) atoms. The first kappa shape index (κ1) is 14.1. The molecule has 0 aliphatic rings. The number of methoxy groups -OCH3 is 1. The van der Waals surface area contributed by atoms with Crippen molar-refractivity contribution in [2.45, 2.75) is 19.8 Å². The van der Waals surface area contributed by atoms with Crippen LogP contribution in [0.15, 0.2) is 17.3 Å². The van der Waals surface area contributed by atoms with Gasteiger partial charge in [0, 0.05) is 9.13 Å². The van der Waals surface area contributed by atoms with Crippen LogP contribution in [0.5, 0.6) is 11.5 Å². The fourth-order valence-electron chi connectivity index (χ4n) is 1.31. The fourth-order valence-corrected chi connectivity index (χ4v) is 1.89. The number of hydrogen-bond acceptors (Lipinski definition) is 4. The molecule has 0 atom stereocenters.